The van der Waals surface area contributed by atoms with Crippen LogP contribution < -0.4 is 15.0 Å². The van der Waals surface area contributed by atoms with E-state index in [0.29, 0.717) is 37.2 Å². The first kappa shape index (κ1) is 20.6. The van der Waals surface area contributed by atoms with Crippen molar-refractivity contribution in [3.63, 3.8) is 0 Å². The molecule has 1 aromatic carbocycles. The quantitative estimate of drug-likeness (QED) is 0.667. The third-order valence-electron chi connectivity index (χ3n) is 5.76. The Kier molecular flexibility index (Phi) is 6.16. The zero-order chi connectivity index (χ0) is 21.1. The van der Waals surface area contributed by atoms with E-state index in [4.69, 9.17) is 4.74 Å². The number of Topliss-reactive ketones (excluding diaryl/α,β-unsaturated/α-hetero) is 1. The highest BCUT2D eigenvalue weighted by Gasteiger charge is 2.28. The van der Waals surface area contributed by atoms with Gasteiger partial charge in [-0.05, 0) is 49.3 Å². The third-order valence-corrected chi connectivity index (χ3v) is 5.76. The Labute approximate surface area is 176 Å². The topological polar surface area (TPSA) is 67.3 Å². The van der Waals surface area contributed by atoms with Gasteiger partial charge >= 0.3 is 0 Å². The van der Waals surface area contributed by atoms with Gasteiger partial charge in [0.25, 0.3) is 0 Å². The lowest BCUT2D eigenvalue weighted by Gasteiger charge is -2.19. The number of benzene rings is 1. The summed E-state index contributed by atoms with van der Waals surface area (Å²) >= 11 is 0. The average Bonchev–Trinajstić information content (AvgIpc) is 3.44. The number of carbonyl (C=O) groups excluding carboxylic acids is 1. The van der Waals surface area contributed by atoms with E-state index in [1.165, 1.54) is 19.0 Å². The number of nitrogens with one attached hydrogen (secondary N) is 1. The summed E-state index contributed by atoms with van der Waals surface area (Å²) in [4.78, 5) is 21.7. The van der Waals surface area contributed by atoms with E-state index < -0.39 is 5.82 Å². The Hall–Kier alpha value is -2.70. The fourth-order valence-corrected chi connectivity index (χ4v) is 3.86. The first-order valence-corrected chi connectivity index (χ1v) is 10.8. The van der Waals surface area contributed by atoms with Crippen molar-refractivity contribution < 1.29 is 13.9 Å². The van der Waals surface area contributed by atoms with Crippen LogP contribution in [0, 0.1) is 11.7 Å². The summed E-state index contributed by atoms with van der Waals surface area (Å²) in [5.41, 5.74) is 1.12. The van der Waals surface area contributed by atoms with Crippen LogP contribution in [0.5, 0.6) is 5.75 Å². The first-order chi connectivity index (χ1) is 14.5. The molecular weight excluding hydrogens is 383 g/mol. The number of nitrogens with zero attached hydrogens (tertiary/aromatic N) is 3. The van der Waals surface area contributed by atoms with Gasteiger partial charge in [-0.25, -0.2) is 9.37 Å². The normalized spacial score (nSPS) is 19.6. The highest BCUT2D eigenvalue weighted by atomic mass is 19.1. The van der Waals surface area contributed by atoms with Crippen molar-refractivity contribution in [2.24, 2.45) is 5.92 Å². The van der Waals surface area contributed by atoms with E-state index in [2.05, 4.69) is 22.2 Å². The van der Waals surface area contributed by atoms with Crippen molar-refractivity contribution >= 4 is 17.5 Å². The smallest absolute Gasteiger partial charge is 0.224 e. The Bertz CT molecular complexity index is 885. The number of ether oxygens (including phenoxy) is 1. The lowest BCUT2D eigenvalue weighted by atomic mass is 9.96. The predicted molar refractivity (Wildman–Crippen MR) is 115 cm³/mol. The number of hydrogen-bond donors (Lipinski definition) is 1. The number of hydrogen-bond acceptors (Lipinski definition) is 6. The van der Waals surface area contributed by atoms with E-state index >= 15 is 0 Å². The number of carbonyl (C=O) groups is 1. The highest BCUT2D eigenvalue weighted by molar-refractivity contribution is 5.76. The minimum atomic E-state index is -0.406. The number of aromatic nitrogens is 2. The van der Waals surface area contributed by atoms with Crippen molar-refractivity contribution in [3.05, 3.63) is 41.8 Å². The molecule has 2 heterocycles. The summed E-state index contributed by atoms with van der Waals surface area (Å²) < 4.78 is 20.4. The fourth-order valence-electron chi connectivity index (χ4n) is 3.86. The van der Waals surface area contributed by atoms with Gasteiger partial charge in [-0.3, -0.25) is 0 Å². The summed E-state index contributed by atoms with van der Waals surface area (Å²) in [6, 6.07) is 7.91. The van der Waals surface area contributed by atoms with Crippen LogP contribution in [0.1, 0.15) is 51.0 Å². The first-order valence-electron chi connectivity index (χ1n) is 10.8. The minimum Gasteiger partial charge on any atom is -0.489 e. The van der Waals surface area contributed by atoms with Crippen LogP contribution in [-0.4, -0.2) is 41.5 Å². The number of rotatable bonds is 9. The number of anilines is 2. The standard InChI is InChI=1S/C23H29FN4O2/c1-15(11-16(2)29)18-5-7-19(8-6-18)30-20-9-10-28(14-20)22-21(24)13-26-23(27-22)25-12-17-3-4-17/h5-8,13,15,17,20H,3-4,9-12,14H2,1-2H3,(H,25,26,27)/t15-,20-/m1/s1. The van der Waals surface area contributed by atoms with Gasteiger partial charge in [0, 0.05) is 25.9 Å². The van der Waals surface area contributed by atoms with Gasteiger partial charge in [0.2, 0.25) is 5.95 Å². The van der Waals surface area contributed by atoms with Gasteiger partial charge < -0.3 is 19.7 Å². The molecule has 2 aliphatic rings. The second-order valence-corrected chi connectivity index (χ2v) is 8.54. The zero-order valence-corrected chi connectivity index (χ0v) is 17.6. The molecule has 2 fully saturated rings. The molecule has 0 amide bonds. The summed E-state index contributed by atoms with van der Waals surface area (Å²) in [7, 11) is 0. The van der Waals surface area contributed by atoms with Crippen molar-refractivity contribution in [3.8, 4) is 5.75 Å². The average molecular weight is 413 g/mol. The number of ketones is 1. The molecule has 1 N–H and O–H groups in total. The van der Waals surface area contributed by atoms with Crippen molar-refractivity contribution in [2.75, 3.05) is 29.9 Å². The maximum atomic E-state index is 14.3. The van der Waals surface area contributed by atoms with E-state index in [9.17, 15) is 9.18 Å². The molecule has 1 aliphatic carbocycles. The molecule has 1 aromatic heterocycles. The Balaban J connectivity index is 1.34. The maximum Gasteiger partial charge on any atom is 0.224 e. The molecule has 4 rings (SSSR count). The van der Waals surface area contributed by atoms with Gasteiger partial charge in [0.15, 0.2) is 11.6 Å². The van der Waals surface area contributed by atoms with Crippen LogP contribution >= 0.6 is 0 Å². The molecule has 2 aromatic rings. The third kappa shape index (κ3) is 5.26. The molecule has 1 aliphatic heterocycles. The van der Waals surface area contributed by atoms with Crippen LogP contribution in [0.25, 0.3) is 0 Å². The van der Waals surface area contributed by atoms with E-state index in [-0.39, 0.29) is 17.8 Å². The lowest BCUT2D eigenvalue weighted by molar-refractivity contribution is -0.117. The van der Waals surface area contributed by atoms with E-state index in [1.54, 1.807) is 6.92 Å². The van der Waals surface area contributed by atoms with Gasteiger partial charge in [-0.1, -0.05) is 19.1 Å². The Morgan fingerprint density at radius 2 is 2.07 bits per heavy atom. The second kappa shape index (κ2) is 8.98. The molecule has 1 saturated carbocycles. The van der Waals surface area contributed by atoms with Gasteiger partial charge in [-0.2, -0.15) is 4.98 Å². The summed E-state index contributed by atoms with van der Waals surface area (Å²) in [5, 5.41) is 3.21. The number of halogens is 1. The Morgan fingerprint density at radius 3 is 2.77 bits per heavy atom. The van der Waals surface area contributed by atoms with Crippen LogP contribution in [-0.2, 0) is 4.79 Å². The minimum absolute atomic E-state index is 0.0252. The zero-order valence-electron chi connectivity index (χ0n) is 17.6. The largest absolute Gasteiger partial charge is 0.489 e. The molecule has 2 atom stereocenters. The molecule has 160 valence electrons. The highest BCUT2D eigenvalue weighted by Crippen LogP contribution is 2.29. The van der Waals surface area contributed by atoms with Gasteiger partial charge in [-0.15, -0.1) is 0 Å². The molecule has 6 nitrogen and oxygen atoms in total. The molecule has 0 spiro atoms. The van der Waals surface area contributed by atoms with Gasteiger partial charge in [0.1, 0.15) is 17.6 Å². The van der Waals surface area contributed by atoms with Crippen LogP contribution in [0.15, 0.2) is 30.5 Å². The monoisotopic (exact) mass is 412 g/mol. The lowest BCUT2D eigenvalue weighted by Crippen LogP contribution is -2.26. The molecule has 0 radical (unpaired) electrons. The summed E-state index contributed by atoms with van der Waals surface area (Å²) in [6.45, 7) is 5.79. The van der Waals surface area contributed by atoms with Gasteiger partial charge in [0.05, 0.1) is 12.7 Å². The van der Waals surface area contributed by atoms with Crippen molar-refractivity contribution in [1.82, 2.24) is 9.97 Å². The SMILES string of the molecule is CC(=O)C[C@@H](C)c1ccc(O[C@@H]2CCN(c3nc(NCC4CC4)ncc3F)C2)cc1. The van der Waals surface area contributed by atoms with Crippen molar-refractivity contribution in [2.45, 2.75) is 51.6 Å². The van der Waals surface area contributed by atoms with Crippen LogP contribution in [0.2, 0.25) is 0 Å². The molecule has 0 unspecified atom stereocenters. The molecule has 0 bridgehead atoms. The van der Waals surface area contributed by atoms with E-state index in [1.807, 2.05) is 29.2 Å². The summed E-state index contributed by atoms with van der Waals surface area (Å²) in [6.07, 6.45) is 5.04. The van der Waals surface area contributed by atoms with Crippen LogP contribution in [0.4, 0.5) is 16.2 Å². The van der Waals surface area contributed by atoms with E-state index in [0.717, 1.165) is 24.3 Å². The molecule has 1 saturated heterocycles. The maximum absolute atomic E-state index is 14.3. The molecular formula is C23H29FN4O2. The Morgan fingerprint density at radius 1 is 1.30 bits per heavy atom. The summed E-state index contributed by atoms with van der Waals surface area (Å²) in [5.74, 6) is 2.29. The fraction of sp³-hybridized carbons (Fsp3) is 0.522. The second-order valence-electron chi connectivity index (χ2n) is 8.54. The molecule has 30 heavy (non-hydrogen) atoms. The van der Waals surface area contributed by atoms with Crippen LogP contribution in [0.3, 0.4) is 0 Å². The predicted octanol–water partition coefficient (Wildman–Crippen LogP) is 4.18. The molecule has 7 heteroatoms. The van der Waals surface area contributed by atoms with Crippen molar-refractivity contribution in [1.29, 1.82) is 0 Å².